The Labute approximate surface area is 72.5 Å². The highest BCUT2D eigenvalue weighted by Crippen LogP contribution is 2.17. The van der Waals surface area contributed by atoms with Gasteiger partial charge in [-0.05, 0) is 19.3 Å². The van der Waals surface area contributed by atoms with Crippen molar-refractivity contribution in [2.75, 3.05) is 6.61 Å². The summed E-state index contributed by atoms with van der Waals surface area (Å²) in [5.74, 6) is 0. The summed E-state index contributed by atoms with van der Waals surface area (Å²) in [4.78, 5) is 10.6. The highest BCUT2D eigenvalue weighted by Gasteiger charge is 2.24. The van der Waals surface area contributed by atoms with Crippen LogP contribution >= 0.6 is 0 Å². The zero-order valence-electron chi connectivity index (χ0n) is 7.38. The van der Waals surface area contributed by atoms with Gasteiger partial charge in [0.05, 0.1) is 12.1 Å². The molecule has 2 unspecified atom stereocenters. The van der Waals surface area contributed by atoms with Crippen molar-refractivity contribution >= 4 is 6.03 Å². The Kier molecular flexibility index (Phi) is 3.34. The molecule has 1 aliphatic heterocycles. The van der Waals surface area contributed by atoms with Gasteiger partial charge in [-0.25, -0.2) is 4.79 Å². The fourth-order valence-electron chi connectivity index (χ4n) is 1.56. The summed E-state index contributed by atoms with van der Waals surface area (Å²) in [6.07, 6.45) is 3.15. The third-order valence-electron chi connectivity index (χ3n) is 2.18. The van der Waals surface area contributed by atoms with Crippen LogP contribution in [0, 0.1) is 0 Å². The maximum absolute atomic E-state index is 10.6. The fraction of sp³-hybridized carbons (Fsp3) is 0.875. The molecule has 4 nitrogen and oxygen atoms in total. The lowest BCUT2D eigenvalue weighted by Crippen LogP contribution is -2.45. The first-order chi connectivity index (χ1) is 5.74. The molecule has 12 heavy (non-hydrogen) atoms. The smallest absolute Gasteiger partial charge is 0.312 e. The van der Waals surface area contributed by atoms with Crippen LogP contribution in [0.2, 0.25) is 0 Å². The Morgan fingerprint density at radius 2 is 2.58 bits per heavy atom. The van der Waals surface area contributed by atoms with E-state index in [-0.39, 0.29) is 12.1 Å². The third kappa shape index (κ3) is 2.37. The molecule has 0 radical (unpaired) electrons. The lowest BCUT2D eigenvalue weighted by Gasteiger charge is -2.21. The first kappa shape index (κ1) is 9.32. The van der Waals surface area contributed by atoms with Crippen molar-refractivity contribution in [1.29, 1.82) is 0 Å². The van der Waals surface area contributed by atoms with Crippen LogP contribution in [0.15, 0.2) is 0 Å². The van der Waals surface area contributed by atoms with Crippen molar-refractivity contribution in [2.24, 2.45) is 5.73 Å². The average Bonchev–Trinajstić information content (AvgIpc) is 2.51. The first-order valence-corrected chi connectivity index (χ1v) is 4.41. The summed E-state index contributed by atoms with van der Waals surface area (Å²) in [6, 6.07) is -0.373. The molecule has 4 heteroatoms. The molecular formula is C8H16N2O2. The van der Waals surface area contributed by atoms with Crippen molar-refractivity contribution in [2.45, 2.75) is 38.3 Å². The van der Waals surface area contributed by atoms with Crippen molar-refractivity contribution in [1.82, 2.24) is 5.32 Å². The van der Waals surface area contributed by atoms with E-state index in [2.05, 4.69) is 5.32 Å². The normalized spacial score (nSPS) is 25.2. The number of primary amides is 1. The van der Waals surface area contributed by atoms with Gasteiger partial charge in [-0.1, -0.05) is 6.92 Å². The van der Waals surface area contributed by atoms with Gasteiger partial charge < -0.3 is 15.8 Å². The van der Waals surface area contributed by atoms with E-state index >= 15 is 0 Å². The van der Waals surface area contributed by atoms with E-state index in [1.165, 1.54) is 0 Å². The molecule has 0 spiro atoms. The van der Waals surface area contributed by atoms with Gasteiger partial charge in [-0.15, -0.1) is 0 Å². The van der Waals surface area contributed by atoms with Gasteiger partial charge in [0.15, 0.2) is 0 Å². The summed E-state index contributed by atoms with van der Waals surface area (Å²) in [7, 11) is 0. The molecule has 0 aromatic carbocycles. The Hall–Kier alpha value is -0.770. The Morgan fingerprint density at radius 1 is 1.83 bits per heavy atom. The van der Waals surface area contributed by atoms with Gasteiger partial charge >= 0.3 is 6.03 Å². The number of carbonyl (C=O) groups excluding carboxylic acids is 1. The van der Waals surface area contributed by atoms with Crippen LogP contribution in [0.1, 0.15) is 26.2 Å². The van der Waals surface area contributed by atoms with E-state index in [1.807, 2.05) is 6.92 Å². The first-order valence-electron chi connectivity index (χ1n) is 4.41. The quantitative estimate of drug-likeness (QED) is 0.655. The summed E-state index contributed by atoms with van der Waals surface area (Å²) < 4.78 is 5.44. The van der Waals surface area contributed by atoms with E-state index < -0.39 is 6.03 Å². The molecule has 2 atom stereocenters. The van der Waals surface area contributed by atoms with E-state index in [1.54, 1.807) is 0 Å². The molecule has 0 aromatic rings. The maximum atomic E-state index is 10.6. The van der Waals surface area contributed by atoms with Gasteiger partial charge in [0.25, 0.3) is 0 Å². The van der Waals surface area contributed by atoms with Crippen molar-refractivity contribution in [3.63, 3.8) is 0 Å². The van der Waals surface area contributed by atoms with Gasteiger partial charge in [0, 0.05) is 6.61 Å². The predicted molar refractivity (Wildman–Crippen MR) is 45.8 cm³/mol. The molecule has 1 aliphatic rings. The second kappa shape index (κ2) is 4.30. The molecule has 0 bridgehead atoms. The standard InChI is InChI=1S/C8H16N2O2/c1-2-6(10-8(9)11)7-4-3-5-12-7/h6-7H,2-5H2,1H3,(H3,9,10,11). The highest BCUT2D eigenvalue weighted by molar-refractivity contribution is 5.72. The van der Waals surface area contributed by atoms with Crippen LogP contribution in [-0.2, 0) is 4.74 Å². The Bertz CT molecular complexity index is 155. The topological polar surface area (TPSA) is 64.3 Å². The number of urea groups is 1. The zero-order valence-corrected chi connectivity index (χ0v) is 7.38. The third-order valence-corrected chi connectivity index (χ3v) is 2.18. The molecule has 3 N–H and O–H groups in total. The molecule has 0 aliphatic carbocycles. The van der Waals surface area contributed by atoms with Crippen LogP contribution in [0.25, 0.3) is 0 Å². The second-order valence-electron chi connectivity index (χ2n) is 3.07. The summed E-state index contributed by atoms with van der Waals surface area (Å²) in [6.45, 7) is 2.82. The molecule has 0 aromatic heterocycles. The van der Waals surface area contributed by atoms with E-state index in [9.17, 15) is 4.79 Å². The molecule has 1 saturated heterocycles. The van der Waals surface area contributed by atoms with Gasteiger partial charge in [-0.2, -0.15) is 0 Å². The van der Waals surface area contributed by atoms with Crippen molar-refractivity contribution in [3.8, 4) is 0 Å². The number of hydrogen-bond donors (Lipinski definition) is 2. The average molecular weight is 172 g/mol. The summed E-state index contributed by atoms with van der Waals surface area (Å²) in [5.41, 5.74) is 5.03. The van der Waals surface area contributed by atoms with Gasteiger partial charge in [0.2, 0.25) is 0 Å². The minimum Gasteiger partial charge on any atom is -0.376 e. The molecule has 1 fully saturated rings. The second-order valence-corrected chi connectivity index (χ2v) is 3.07. The molecule has 1 heterocycles. The van der Waals surface area contributed by atoms with Crippen LogP contribution in [0.4, 0.5) is 4.79 Å². The maximum Gasteiger partial charge on any atom is 0.312 e. The van der Waals surface area contributed by atoms with Gasteiger partial charge in [0.1, 0.15) is 0 Å². The number of amides is 2. The summed E-state index contributed by atoms with van der Waals surface area (Å²) in [5, 5.41) is 2.69. The lowest BCUT2D eigenvalue weighted by atomic mass is 10.1. The zero-order chi connectivity index (χ0) is 8.97. The minimum absolute atomic E-state index is 0.0880. The predicted octanol–water partition coefficient (Wildman–Crippen LogP) is 0.612. The van der Waals surface area contributed by atoms with Crippen LogP contribution in [0.5, 0.6) is 0 Å². The SMILES string of the molecule is CCC(NC(N)=O)C1CCCO1. The largest absolute Gasteiger partial charge is 0.376 e. The summed E-state index contributed by atoms with van der Waals surface area (Å²) >= 11 is 0. The fourth-order valence-corrected chi connectivity index (χ4v) is 1.56. The van der Waals surface area contributed by atoms with Gasteiger partial charge in [-0.3, -0.25) is 0 Å². The molecule has 2 amide bonds. The van der Waals surface area contributed by atoms with Crippen LogP contribution in [0.3, 0.4) is 0 Å². The van der Waals surface area contributed by atoms with E-state index in [4.69, 9.17) is 10.5 Å². The Morgan fingerprint density at radius 3 is 3.00 bits per heavy atom. The highest BCUT2D eigenvalue weighted by atomic mass is 16.5. The number of rotatable bonds is 3. The molecule has 1 rings (SSSR count). The molecule has 70 valence electrons. The number of nitrogens with one attached hydrogen (secondary N) is 1. The number of nitrogens with two attached hydrogens (primary N) is 1. The lowest BCUT2D eigenvalue weighted by molar-refractivity contribution is 0.0802. The Balaban J connectivity index is 2.37. The number of ether oxygens (including phenoxy) is 1. The minimum atomic E-state index is -0.461. The molecule has 0 saturated carbocycles. The van der Waals surface area contributed by atoms with Crippen LogP contribution < -0.4 is 11.1 Å². The van der Waals surface area contributed by atoms with Crippen LogP contribution in [-0.4, -0.2) is 24.8 Å². The number of hydrogen-bond acceptors (Lipinski definition) is 2. The van der Waals surface area contributed by atoms with Crippen molar-refractivity contribution in [3.05, 3.63) is 0 Å². The molecular weight excluding hydrogens is 156 g/mol. The van der Waals surface area contributed by atoms with Crippen molar-refractivity contribution < 1.29 is 9.53 Å². The van der Waals surface area contributed by atoms with E-state index in [0.717, 1.165) is 25.9 Å². The van der Waals surface area contributed by atoms with E-state index in [0.29, 0.717) is 0 Å². The number of carbonyl (C=O) groups is 1. The monoisotopic (exact) mass is 172 g/mol.